The van der Waals surface area contributed by atoms with Crippen molar-refractivity contribution in [2.75, 3.05) is 13.1 Å². The summed E-state index contributed by atoms with van der Waals surface area (Å²) in [6, 6.07) is 13.2. The Bertz CT molecular complexity index is 887. The summed E-state index contributed by atoms with van der Waals surface area (Å²) in [6.07, 6.45) is 5.36. The Hall–Kier alpha value is -2.66. The van der Waals surface area contributed by atoms with Crippen LogP contribution in [0.4, 0.5) is 0 Å². The van der Waals surface area contributed by atoms with Gasteiger partial charge in [0.15, 0.2) is 0 Å². The molecule has 4 rings (SSSR count). The topological polar surface area (TPSA) is 61.9 Å². The minimum atomic E-state index is -0.0177. The van der Waals surface area contributed by atoms with Crippen molar-refractivity contribution in [1.29, 1.82) is 0 Å². The van der Waals surface area contributed by atoms with E-state index < -0.39 is 0 Å². The van der Waals surface area contributed by atoms with Crippen LogP contribution in [0.3, 0.4) is 0 Å². The van der Waals surface area contributed by atoms with Crippen molar-refractivity contribution in [1.82, 2.24) is 20.1 Å². The quantitative estimate of drug-likeness (QED) is 0.757. The van der Waals surface area contributed by atoms with Gasteiger partial charge in [-0.15, -0.1) is 0 Å². The maximum Gasteiger partial charge on any atom is 0.255 e. The monoisotopic (exact) mass is 366 g/mol. The van der Waals surface area contributed by atoms with Crippen LogP contribution in [0, 0.1) is 0 Å². The average molecular weight is 367 g/mol. The zero-order valence-electron chi connectivity index (χ0n) is 14.2. The Morgan fingerprint density at radius 3 is 2.65 bits per heavy atom. The lowest BCUT2D eigenvalue weighted by Gasteiger charge is -2.31. The number of hydrogen-bond acceptors (Lipinski definition) is 3. The molecule has 1 fully saturated rings. The largest absolute Gasteiger partial charge is 0.339 e. The number of pyridine rings is 1. The molecule has 6 heteroatoms. The second-order valence-corrected chi connectivity index (χ2v) is 6.90. The van der Waals surface area contributed by atoms with Crippen molar-refractivity contribution in [3.05, 3.63) is 71.1 Å². The highest BCUT2D eigenvalue weighted by Gasteiger charge is 2.26. The molecule has 2 aromatic heterocycles. The molecular weight excluding hydrogens is 348 g/mol. The maximum atomic E-state index is 13.0. The molecule has 0 spiro atoms. The number of nitrogens with zero attached hydrogens (tertiary/aromatic N) is 3. The van der Waals surface area contributed by atoms with Crippen LogP contribution in [0.15, 0.2) is 54.9 Å². The highest BCUT2D eigenvalue weighted by Crippen LogP contribution is 2.29. The fraction of sp³-hybridized carbons (Fsp3) is 0.250. The summed E-state index contributed by atoms with van der Waals surface area (Å²) < 4.78 is 0. The Balaban J connectivity index is 1.52. The van der Waals surface area contributed by atoms with E-state index >= 15 is 0 Å². The van der Waals surface area contributed by atoms with E-state index in [-0.39, 0.29) is 5.91 Å². The van der Waals surface area contributed by atoms with Gasteiger partial charge in [-0.25, -0.2) is 0 Å². The second kappa shape index (κ2) is 7.30. The molecule has 1 aromatic carbocycles. The first-order chi connectivity index (χ1) is 12.7. The van der Waals surface area contributed by atoms with Crippen LogP contribution in [0.2, 0.25) is 5.02 Å². The SMILES string of the molecule is O=C(c1cc(-c2ccccn2)ccc1Cl)N1CCC(c2ccn[nH]2)CC1. The Morgan fingerprint density at radius 2 is 1.96 bits per heavy atom. The number of piperidine rings is 1. The van der Waals surface area contributed by atoms with Gasteiger partial charge in [0, 0.05) is 42.7 Å². The molecule has 1 aliphatic rings. The number of H-pyrrole nitrogens is 1. The number of halogens is 1. The molecule has 3 aromatic rings. The lowest BCUT2D eigenvalue weighted by atomic mass is 9.93. The molecule has 1 N–H and O–H groups in total. The summed E-state index contributed by atoms with van der Waals surface area (Å²) >= 11 is 6.33. The van der Waals surface area contributed by atoms with Gasteiger partial charge in [-0.3, -0.25) is 14.9 Å². The van der Waals surface area contributed by atoms with Crippen LogP contribution >= 0.6 is 11.6 Å². The molecule has 5 nitrogen and oxygen atoms in total. The number of amides is 1. The molecule has 1 saturated heterocycles. The van der Waals surface area contributed by atoms with Crippen molar-refractivity contribution >= 4 is 17.5 Å². The molecule has 26 heavy (non-hydrogen) atoms. The van der Waals surface area contributed by atoms with Gasteiger partial charge in [0.2, 0.25) is 0 Å². The van der Waals surface area contributed by atoms with Crippen LogP contribution in [0.5, 0.6) is 0 Å². The number of carbonyl (C=O) groups is 1. The van der Waals surface area contributed by atoms with Gasteiger partial charge in [-0.05, 0) is 43.2 Å². The minimum absolute atomic E-state index is 0.0177. The molecule has 0 aliphatic carbocycles. The summed E-state index contributed by atoms with van der Waals surface area (Å²) in [4.78, 5) is 19.2. The van der Waals surface area contributed by atoms with E-state index in [2.05, 4.69) is 15.2 Å². The minimum Gasteiger partial charge on any atom is -0.339 e. The summed E-state index contributed by atoms with van der Waals surface area (Å²) in [5.41, 5.74) is 3.41. The van der Waals surface area contributed by atoms with Gasteiger partial charge < -0.3 is 4.90 Å². The van der Waals surface area contributed by atoms with Crippen LogP contribution in [0.25, 0.3) is 11.3 Å². The Labute approximate surface area is 157 Å². The molecule has 3 heterocycles. The van der Waals surface area contributed by atoms with Crippen LogP contribution in [0.1, 0.15) is 34.8 Å². The third kappa shape index (κ3) is 3.35. The number of carbonyl (C=O) groups excluding carboxylic acids is 1. The number of hydrogen-bond donors (Lipinski definition) is 1. The van der Waals surface area contributed by atoms with Crippen molar-refractivity contribution in [2.45, 2.75) is 18.8 Å². The molecule has 0 saturated carbocycles. The maximum absolute atomic E-state index is 13.0. The Kier molecular flexibility index (Phi) is 4.71. The highest BCUT2D eigenvalue weighted by atomic mass is 35.5. The lowest BCUT2D eigenvalue weighted by molar-refractivity contribution is 0.0712. The first kappa shape index (κ1) is 16.8. The highest BCUT2D eigenvalue weighted by molar-refractivity contribution is 6.34. The summed E-state index contributed by atoms with van der Waals surface area (Å²) in [7, 11) is 0. The van der Waals surface area contributed by atoms with Gasteiger partial charge >= 0.3 is 0 Å². The normalized spacial score (nSPS) is 15.2. The number of aromatic amines is 1. The zero-order chi connectivity index (χ0) is 17.9. The summed E-state index contributed by atoms with van der Waals surface area (Å²) in [6.45, 7) is 1.43. The third-order valence-electron chi connectivity index (χ3n) is 4.90. The predicted octanol–water partition coefficient (Wildman–Crippen LogP) is 4.14. The van der Waals surface area contributed by atoms with Crippen LogP contribution < -0.4 is 0 Å². The zero-order valence-corrected chi connectivity index (χ0v) is 15.0. The molecule has 0 unspecified atom stereocenters. The van der Waals surface area contributed by atoms with Crippen molar-refractivity contribution in [2.24, 2.45) is 0 Å². The molecule has 0 radical (unpaired) electrons. The Morgan fingerprint density at radius 1 is 1.12 bits per heavy atom. The van der Waals surface area contributed by atoms with E-state index in [1.807, 2.05) is 41.3 Å². The van der Waals surface area contributed by atoms with Crippen LogP contribution in [-0.4, -0.2) is 39.1 Å². The van der Waals surface area contributed by atoms with Gasteiger partial charge in [0.1, 0.15) is 0 Å². The fourth-order valence-corrected chi connectivity index (χ4v) is 3.64. The van der Waals surface area contributed by atoms with Crippen molar-refractivity contribution in [3.8, 4) is 11.3 Å². The average Bonchev–Trinajstić information content (AvgIpc) is 3.23. The van der Waals surface area contributed by atoms with Crippen LogP contribution in [-0.2, 0) is 0 Å². The number of likely N-dealkylation sites (tertiary alicyclic amines) is 1. The van der Waals surface area contributed by atoms with Gasteiger partial charge in [-0.1, -0.05) is 23.7 Å². The summed E-state index contributed by atoms with van der Waals surface area (Å²) in [5.74, 6) is 0.410. The number of benzene rings is 1. The predicted molar refractivity (Wildman–Crippen MR) is 101 cm³/mol. The third-order valence-corrected chi connectivity index (χ3v) is 5.23. The number of aromatic nitrogens is 3. The smallest absolute Gasteiger partial charge is 0.255 e. The van der Waals surface area contributed by atoms with Gasteiger partial charge in [-0.2, -0.15) is 5.10 Å². The fourth-order valence-electron chi connectivity index (χ4n) is 3.44. The van der Waals surface area contributed by atoms with Gasteiger partial charge in [0.25, 0.3) is 5.91 Å². The first-order valence-electron chi connectivity index (χ1n) is 8.72. The molecule has 1 aliphatic heterocycles. The van der Waals surface area contributed by atoms with Gasteiger partial charge in [0.05, 0.1) is 16.3 Å². The van der Waals surface area contributed by atoms with Crippen molar-refractivity contribution in [3.63, 3.8) is 0 Å². The van der Waals surface area contributed by atoms with E-state index in [0.29, 0.717) is 29.6 Å². The van der Waals surface area contributed by atoms with E-state index in [9.17, 15) is 4.79 Å². The number of nitrogens with one attached hydrogen (secondary N) is 1. The molecular formula is C20H19ClN4O. The van der Waals surface area contributed by atoms with Crippen molar-refractivity contribution < 1.29 is 4.79 Å². The standard InChI is InChI=1S/C20H19ClN4O/c21-17-5-4-15(18-3-1-2-9-22-18)13-16(17)20(26)25-11-7-14(8-12-25)19-6-10-23-24-19/h1-6,9-10,13-14H,7-8,11-12H2,(H,23,24). The summed E-state index contributed by atoms with van der Waals surface area (Å²) in [5, 5.41) is 7.53. The van der Waals surface area contributed by atoms with E-state index in [1.165, 1.54) is 0 Å². The molecule has 132 valence electrons. The lowest BCUT2D eigenvalue weighted by Crippen LogP contribution is -2.38. The number of rotatable bonds is 3. The molecule has 0 atom stereocenters. The van der Waals surface area contributed by atoms with E-state index in [1.54, 1.807) is 18.5 Å². The van der Waals surface area contributed by atoms with E-state index in [4.69, 9.17) is 11.6 Å². The molecule has 0 bridgehead atoms. The van der Waals surface area contributed by atoms with E-state index in [0.717, 1.165) is 29.8 Å². The second-order valence-electron chi connectivity index (χ2n) is 6.49. The molecule has 1 amide bonds. The first-order valence-corrected chi connectivity index (χ1v) is 9.09.